The number of benzene rings is 3. The second-order valence-electron chi connectivity index (χ2n) is 7.83. The summed E-state index contributed by atoms with van der Waals surface area (Å²) in [6, 6.07) is 20.9. The Labute approximate surface area is 193 Å². The third kappa shape index (κ3) is 5.26. The Hall–Kier alpha value is -2.96. The van der Waals surface area contributed by atoms with E-state index in [9.17, 15) is 4.79 Å². The van der Waals surface area contributed by atoms with E-state index in [1.807, 2.05) is 12.1 Å². The van der Waals surface area contributed by atoms with Crippen LogP contribution in [-0.2, 0) is 17.9 Å². The lowest BCUT2D eigenvalue weighted by molar-refractivity contribution is -0.114. The highest BCUT2D eigenvalue weighted by molar-refractivity contribution is 7.98. The minimum Gasteiger partial charge on any atom is -0.493 e. The number of hydrogen-bond acceptors (Lipinski definition) is 5. The van der Waals surface area contributed by atoms with Crippen LogP contribution in [0, 0.1) is 0 Å². The van der Waals surface area contributed by atoms with Crippen LogP contribution in [-0.4, -0.2) is 37.3 Å². The van der Waals surface area contributed by atoms with Crippen molar-refractivity contribution in [1.82, 2.24) is 4.90 Å². The number of carbonyl (C=O) groups excluding carboxylic acids is 1. The molecule has 6 heteroatoms. The first kappa shape index (κ1) is 22.2. The van der Waals surface area contributed by atoms with Gasteiger partial charge in [-0.25, -0.2) is 0 Å². The largest absolute Gasteiger partial charge is 0.493 e. The number of carbonyl (C=O) groups is 1. The van der Waals surface area contributed by atoms with Crippen molar-refractivity contribution in [3.05, 3.63) is 71.8 Å². The molecular weight excluding hydrogens is 420 g/mol. The summed E-state index contributed by atoms with van der Waals surface area (Å²) in [6.07, 6.45) is 2.08. The Morgan fingerprint density at radius 3 is 2.50 bits per heavy atom. The molecule has 5 nitrogen and oxygen atoms in total. The lowest BCUT2D eigenvalue weighted by atomic mass is 10.0. The van der Waals surface area contributed by atoms with Crippen LogP contribution in [0.25, 0.3) is 11.1 Å². The fourth-order valence-corrected chi connectivity index (χ4v) is 4.34. The number of anilines is 1. The molecule has 0 radical (unpaired) electrons. The van der Waals surface area contributed by atoms with Crippen molar-refractivity contribution in [1.29, 1.82) is 0 Å². The molecule has 1 heterocycles. The van der Waals surface area contributed by atoms with Gasteiger partial charge < -0.3 is 14.8 Å². The molecule has 0 saturated heterocycles. The van der Waals surface area contributed by atoms with Crippen LogP contribution < -0.4 is 14.8 Å². The van der Waals surface area contributed by atoms with E-state index in [-0.39, 0.29) is 5.91 Å². The molecule has 4 rings (SSSR count). The molecule has 166 valence electrons. The molecule has 1 aliphatic rings. The van der Waals surface area contributed by atoms with Crippen LogP contribution >= 0.6 is 11.8 Å². The maximum Gasteiger partial charge on any atom is 0.221 e. The van der Waals surface area contributed by atoms with E-state index in [1.54, 1.807) is 18.9 Å². The van der Waals surface area contributed by atoms with Gasteiger partial charge in [0.05, 0.1) is 7.11 Å². The number of rotatable bonds is 6. The van der Waals surface area contributed by atoms with Crippen molar-refractivity contribution < 1.29 is 14.3 Å². The highest BCUT2D eigenvalue weighted by Crippen LogP contribution is 2.38. The van der Waals surface area contributed by atoms with Crippen LogP contribution in [0.4, 0.5) is 5.69 Å². The van der Waals surface area contributed by atoms with Crippen molar-refractivity contribution >= 4 is 23.4 Å². The monoisotopic (exact) mass is 448 g/mol. The molecule has 1 amide bonds. The summed E-state index contributed by atoms with van der Waals surface area (Å²) < 4.78 is 11.8. The number of fused-ring (bicyclic) bond motifs is 1. The number of nitrogens with zero attached hydrogens (tertiary/aromatic N) is 1. The first-order valence-electron chi connectivity index (χ1n) is 10.6. The predicted octanol–water partition coefficient (Wildman–Crippen LogP) is 5.44. The summed E-state index contributed by atoms with van der Waals surface area (Å²) in [5, 5.41) is 2.81. The molecule has 32 heavy (non-hydrogen) atoms. The molecule has 0 saturated carbocycles. The zero-order valence-electron chi connectivity index (χ0n) is 18.7. The minimum absolute atomic E-state index is 0.0631. The first-order valence-corrected chi connectivity index (χ1v) is 11.8. The summed E-state index contributed by atoms with van der Waals surface area (Å²) in [6.45, 7) is 4.52. The Balaban J connectivity index is 1.57. The smallest absolute Gasteiger partial charge is 0.221 e. The lowest BCUT2D eigenvalue weighted by Gasteiger charge is -2.20. The van der Waals surface area contributed by atoms with E-state index in [1.165, 1.54) is 17.4 Å². The van der Waals surface area contributed by atoms with E-state index in [4.69, 9.17) is 9.47 Å². The van der Waals surface area contributed by atoms with Gasteiger partial charge in [-0.15, -0.1) is 11.8 Å². The molecule has 0 spiro atoms. The average Bonchev–Trinajstić information content (AvgIpc) is 3.01. The molecular formula is C26H28N2O3S. The maximum absolute atomic E-state index is 11.2. The van der Waals surface area contributed by atoms with Gasteiger partial charge in [-0.05, 0) is 59.3 Å². The summed E-state index contributed by atoms with van der Waals surface area (Å²) in [5.41, 5.74) is 5.42. The van der Waals surface area contributed by atoms with Gasteiger partial charge in [0.15, 0.2) is 11.5 Å². The minimum atomic E-state index is -0.0631. The molecule has 3 aromatic rings. The Morgan fingerprint density at radius 2 is 1.84 bits per heavy atom. The highest BCUT2D eigenvalue weighted by atomic mass is 32.2. The van der Waals surface area contributed by atoms with E-state index in [0.29, 0.717) is 6.61 Å². The van der Waals surface area contributed by atoms with Gasteiger partial charge >= 0.3 is 0 Å². The van der Waals surface area contributed by atoms with Crippen molar-refractivity contribution in [3.8, 4) is 22.6 Å². The Morgan fingerprint density at radius 1 is 1.09 bits per heavy atom. The van der Waals surface area contributed by atoms with Crippen molar-refractivity contribution in [2.75, 3.05) is 31.8 Å². The molecule has 0 aromatic heterocycles. The molecule has 0 unspecified atom stereocenters. The third-order valence-corrected chi connectivity index (χ3v) is 6.25. The normalized spacial score (nSPS) is 13.6. The van der Waals surface area contributed by atoms with Crippen molar-refractivity contribution in [2.24, 2.45) is 0 Å². The Kier molecular flexibility index (Phi) is 7.02. The van der Waals surface area contributed by atoms with E-state index >= 15 is 0 Å². The van der Waals surface area contributed by atoms with Gasteiger partial charge in [-0.1, -0.05) is 24.3 Å². The summed E-state index contributed by atoms with van der Waals surface area (Å²) in [4.78, 5) is 14.9. The number of amides is 1. The van der Waals surface area contributed by atoms with E-state index in [0.717, 1.165) is 53.5 Å². The quantitative estimate of drug-likeness (QED) is 0.509. The highest BCUT2D eigenvalue weighted by Gasteiger charge is 2.21. The molecule has 0 atom stereocenters. The van der Waals surface area contributed by atoms with E-state index < -0.39 is 0 Å². The summed E-state index contributed by atoms with van der Waals surface area (Å²) >= 11 is 1.74. The zero-order valence-corrected chi connectivity index (χ0v) is 19.5. The molecule has 0 aliphatic carbocycles. The molecule has 1 N–H and O–H groups in total. The number of hydrogen-bond donors (Lipinski definition) is 1. The predicted molar refractivity (Wildman–Crippen MR) is 131 cm³/mol. The zero-order chi connectivity index (χ0) is 22.5. The van der Waals surface area contributed by atoms with Gasteiger partial charge in [0.1, 0.15) is 6.61 Å². The number of methoxy groups -OCH3 is 1. The van der Waals surface area contributed by atoms with Crippen LogP contribution in [0.3, 0.4) is 0 Å². The molecule has 1 aliphatic heterocycles. The van der Waals surface area contributed by atoms with Gasteiger partial charge in [0, 0.05) is 42.7 Å². The fraction of sp³-hybridized carbons (Fsp3) is 0.269. The molecule has 3 aromatic carbocycles. The molecule has 0 bridgehead atoms. The standard InChI is InChI=1S/C26H28N2O3S/c1-18(29)27-23-8-4-19(5-9-23)16-28-12-13-31-26-22(17-28)14-21(15-25(26)30-2)20-6-10-24(32-3)11-7-20/h4-11,14-15H,12-13,16-17H2,1-3H3,(H,27,29). The molecule has 0 fully saturated rings. The van der Waals surface area contributed by atoms with Crippen LogP contribution in [0.2, 0.25) is 0 Å². The van der Waals surface area contributed by atoms with Crippen molar-refractivity contribution in [2.45, 2.75) is 24.9 Å². The number of thioether (sulfide) groups is 1. The maximum atomic E-state index is 11.2. The van der Waals surface area contributed by atoms with Crippen LogP contribution in [0.5, 0.6) is 11.5 Å². The van der Waals surface area contributed by atoms with Crippen LogP contribution in [0.1, 0.15) is 18.1 Å². The van der Waals surface area contributed by atoms with Gasteiger partial charge in [0.2, 0.25) is 5.91 Å². The average molecular weight is 449 g/mol. The second kappa shape index (κ2) is 10.1. The summed E-state index contributed by atoms with van der Waals surface area (Å²) in [5.74, 6) is 1.54. The fourth-order valence-electron chi connectivity index (χ4n) is 3.93. The first-order chi connectivity index (χ1) is 15.6. The van der Waals surface area contributed by atoms with Crippen molar-refractivity contribution in [3.63, 3.8) is 0 Å². The van der Waals surface area contributed by atoms with Gasteiger partial charge in [-0.3, -0.25) is 9.69 Å². The lowest BCUT2D eigenvalue weighted by Crippen LogP contribution is -2.25. The number of ether oxygens (including phenoxy) is 2. The number of nitrogens with one attached hydrogen (secondary N) is 1. The van der Waals surface area contributed by atoms with Crippen LogP contribution in [0.15, 0.2) is 65.6 Å². The topological polar surface area (TPSA) is 50.8 Å². The SMILES string of the molecule is COc1cc(-c2ccc(SC)cc2)cc2c1OCCN(Cc1ccc(NC(C)=O)cc1)C2. The summed E-state index contributed by atoms with van der Waals surface area (Å²) in [7, 11) is 1.69. The third-order valence-electron chi connectivity index (χ3n) is 5.50. The Bertz CT molecular complexity index is 1080. The second-order valence-corrected chi connectivity index (χ2v) is 8.71. The van der Waals surface area contributed by atoms with Gasteiger partial charge in [0.25, 0.3) is 0 Å². The van der Waals surface area contributed by atoms with Gasteiger partial charge in [-0.2, -0.15) is 0 Å². The van der Waals surface area contributed by atoms with E-state index in [2.05, 4.69) is 65.0 Å².